The van der Waals surface area contributed by atoms with Crippen LogP contribution in [0.2, 0.25) is 0 Å². The standard InChI is InChI=1S/C16H30N6O.HI/c1-12(2)6-5-9-18-16(17-3)19-13-7-8-15-20-14(11-23-4)21-22(15)10-13;/h12-13H,5-11H2,1-4H3,(H2,17,18,19);1H. The highest BCUT2D eigenvalue weighted by atomic mass is 127. The second-order valence-corrected chi connectivity index (χ2v) is 6.47. The Morgan fingerprint density at radius 2 is 2.25 bits per heavy atom. The average Bonchev–Trinajstić information content (AvgIpc) is 2.92. The van der Waals surface area contributed by atoms with Gasteiger partial charge >= 0.3 is 0 Å². The molecule has 0 aliphatic carbocycles. The van der Waals surface area contributed by atoms with Gasteiger partial charge < -0.3 is 15.4 Å². The van der Waals surface area contributed by atoms with Crippen molar-refractivity contribution >= 4 is 29.9 Å². The van der Waals surface area contributed by atoms with E-state index in [0.717, 1.165) is 55.9 Å². The fraction of sp³-hybridized carbons (Fsp3) is 0.812. The van der Waals surface area contributed by atoms with Gasteiger partial charge in [0.2, 0.25) is 0 Å². The molecule has 1 aliphatic heterocycles. The van der Waals surface area contributed by atoms with Crippen LogP contribution in [0.25, 0.3) is 0 Å². The van der Waals surface area contributed by atoms with E-state index in [-0.39, 0.29) is 24.0 Å². The summed E-state index contributed by atoms with van der Waals surface area (Å²) in [5.74, 6) is 3.44. The Labute approximate surface area is 162 Å². The van der Waals surface area contributed by atoms with Crippen LogP contribution in [0, 0.1) is 5.92 Å². The largest absolute Gasteiger partial charge is 0.377 e. The van der Waals surface area contributed by atoms with E-state index in [9.17, 15) is 0 Å². The first-order valence-corrected chi connectivity index (χ1v) is 8.51. The second kappa shape index (κ2) is 10.9. The van der Waals surface area contributed by atoms with Crippen LogP contribution in [0.4, 0.5) is 0 Å². The predicted octanol–water partition coefficient (Wildman–Crippen LogP) is 1.96. The maximum atomic E-state index is 5.10. The number of guanidine groups is 1. The van der Waals surface area contributed by atoms with Gasteiger partial charge in [0, 0.05) is 33.2 Å². The third kappa shape index (κ3) is 6.54. The van der Waals surface area contributed by atoms with E-state index in [1.165, 1.54) is 6.42 Å². The fourth-order valence-electron chi connectivity index (χ4n) is 2.77. The maximum Gasteiger partial charge on any atom is 0.191 e. The monoisotopic (exact) mass is 450 g/mol. The minimum Gasteiger partial charge on any atom is -0.377 e. The summed E-state index contributed by atoms with van der Waals surface area (Å²) in [5.41, 5.74) is 0. The molecule has 0 amide bonds. The highest BCUT2D eigenvalue weighted by molar-refractivity contribution is 14.0. The van der Waals surface area contributed by atoms with Gasteiger partial charge in [-0.3, -0.25) is 4.99 Å². The molecule has 1 aromatic heterocycles. The van der Waals surface area contributed by atoms with Crippen molar-refractivity contribution in [2.75, 3.05) is 20.7 Å². The summed E-state index contributed by atoms with van der Waals surface area (Å²) >= 11 is 0. The Balaban J connectivity index is 0.00000288. The summed E-state index contributed by atoms with van der Waals surface area (Å²) in [5, 5.41) is 11.4. The van der Waals surface area contributed by atoms with E-state index >= 15 is 0 Å². The fourth-order valence-corrected chi connectivity index (χ4v) is 2.77. The number of hydrogen-bond acceptors (Lipinski definition) is 4. The minimum absolute atomic E-state index is 0. The number of hydrogen-bond donors (Lipinski definition) is 2. The van der Waals surface area contributed by atoms with Gasteiger partial charge in [0.1, 0.15) is 12.4 Å². The van der Waals surface area contributed by atoms with Crippen LogP contribution in [-0.4, -0.2) is 47.5 Å². The number of nitrogens with one attached hydrogen (secondary N) is 2. The first-order valence-electron chi connectivity index (χ1n) is 8.51. The molecule has 1 aliphatic rings. The first kappa shape index (κ1) is 21.1. The Hall–Kier alpha value is -0.900. The van der Waals surface area contributed by atoms with Crippen molar-refractivity contribution in [2.45, 2.75) is 58.7 Å². The molecule has 0 saturated carbocycles. The Kier molecular flexibility index (Phi) is 9.57. The topological polar surface area (TPSA) is 76.4 Å². The molecular formula is C16H31IN6O. The normalized spacial score (nSPS) is 17.4. The van der Waals surface area contributed by atoms with Gasteiger partial charge in [-0.2, -0.15) is 5.10 Å². The zero-order chi connectivity index (χ0) is 16.7. The smallest absolute Gasteiger partial charge is 0.191 e. The van der Waals surface area contributed by atoms with E-state index in [0.29, 0.717) is 12.6 Å². The molecule has 24 heavy (non-hydrogen) atoms. The van der Waals surface area contributed by atoms with Crippen molar-refractivity contribution in [3.05, 3.63) is 11.6 Å². The molecule has 2 rings (SSSR count). The number of aliphatic imine (C=N–C) groups is 1. The van der Waals surface area contributed by atoms with Crippen molar-refractivity contribution in [3.8, 4) is 0 Å². The Bertz CT molecular complexity index is 517. The Morgan fingerprint density at radius 1 is 1.46 bits per heavy atom. The number of nitrogens with zero attached hydrogens (tertiary/aromatic N) is 4. The van der Waals surface area contributed by atoms with Gasteiger partial charge in [-0.15, -0.1) is 24.0 Å². The van der Waals surface area contributed by atoms with E-state index in [2.05, 4.69) is 39.6 Å². The van der Waals surface area contributed by atoms with Crippen LogP contribution < -0.4 is 10.6 Å². The van der Waals surface area contributed by atoms with Gasteiger partial charge in [0.15, 0.2) is 11.8 Å². The average molecular weight is 450 g/mol. The minimum atomic E-state index is 0. The highest BCUT2D eigenvalue weighted by Gasteiger charge is 2.22. The Morgan fingerprint density at radius 3 is 2.92 bits per heavy atom. The van der Waals surface area contributed by atoms with Gasteiger partial charge in [0.05, 0.1) is 6.54 Å². The van der Waals surface area contributed by atoms with Crippen LogP contribution in [0.15, 0.2) is 4.99 Å². The zero-order valence-electron chi connectivity index (χ0n) is 15.2. The zero-order valence-corrected chi connectivity index (χ0v) is 17.5. The van der Waals surface area contributed by atoms with Crippen molar-refractivity contribution < 1.29 is 4.74 Å². The maximum absolute atomic E-state index is 5.10. The van der Waals surface area contributed by atoms with E-state index in [1.807, 2.05) is 11.7 Å². The van der Waals surface area contributed by atoms with Gasteiger partial charge in [-0.05, 0) is 25.2 Å². The predicted molar refractivity (Wildman–Crippen MR) is 107 cm³/mol. The lowest BCUT2D eigenvalue weighted by molar-refractivity contribution is 0.177. The third-order valence-corrected chi connectivity index (χ3v) is 3.99. The number of halogens is 1. The number of methoxy groups -OCH3 is 1. The molecule has 0 radical (unpaired) electrons. The second-order valence-electron chi connectivity index (χ2n) is 6.47. The molecule has 0 spiro atoms. The first-order chi connectivity index (χ1) is 11.1. The lowest BCUT2D eigenvalue weighted by atomic mass is 10.1. The molecular weight excluding hydrogens is 419 g/mol. The molecule has 0 aromatic carbocycles. The molecule has 2 heterocycles. The molecule has 0 bridgehead atoms. The van der Waals surface area contributed by atoms with Crippen molar-refractivity contribution in [3.63, 3.8) is 0 Å². The van der Waals surface area contributed by atoms with Crippen LogP contribution in [0.5, 0.6) is 0 Å². The molecule has 0 saturated heterocycles. The van der Waals surface area contributed by atoms with E-state index in [1.54, 1.807) is 7.11 Å². The molecule has 7 nitrogen and oxygen atoms in total. The van der Waals surface area contributed by atoms with Gasteiger partial charge in [-0.25, -0.2) is 9.67 Å². The van der Waals surface area contributed by atoms with Crippen LogP contribution >= 0.6 is 24.0 Å². The molecule has 8 heteroatoms. The molecule has 138 valence electrons. The molecule has 1 unspecified atom stereocenters. The third-order valence-electron chi connectivity index (χ3n) is 3.99. The lowest BCUT2D eigenvalue weighted by Gasteiger charge is -2.25. The molecule has 1 atom stereocenters. The quantitative estimate of drug-likeness (QED) is 0.288. The summed E-state index contributed by atoms with van der Waals surface area (Å²) in [6, 6.07) is 0.330. The van der Waals surface area contributed by atoms with Crippen LogP contribution in [0.1, 0.15) is 44.8 Å². The molecule has 1 aromatic rings. The van der Waals surface area contributed by atoms with E-state index < -0.39 is 0 Å². The summed E-state index contributed by atoms with van der Waals surface area (Å²) < 4.78 is 7.09. The highest BCUT2D eigenvalue weighted by Crippen LogP contribution is 2.13. The number of ether oxygens (including phenoxy) is 1. The van der Waals surface area contributed by atoms with Crippen molar-refractivity contribution in [1.29, 1.82) is 0 Å². The summed E-state index contributed by atoms with van der Waals surface area (Å²) in [6.07, 6.45) is 4.37. The number of fused-ring (bicyclic) bond motifs is 1. The number of rotatable bonds is 7. The van der Waals surface area contributed by atoms with E-state index in [4.69, 9.17) is 4.74 Å². The van der Waals surface area contributed by atoms with Gasteiger partial charge in [-0.1, -0.05) is 13.8 Å². The molecule has 0 fully saturated rings. The summed E-state index contributed by atoms with van der Waals surface area (Å²) in [6.45, 7) is 6.75. The number of aryl methyl sites for hydroxylation is 1. The summed E-state index contributed by atoms with van der Waals surface area (Å²) in [4.78, 5) is 8.82. The lowest BCUT2D eigenvalue weighted by Crippen LogP contribution is -2.47. The number of aromatic nitrogens is 3. The summed E-state index contributed by atoms with van der Waals surface area (Å²) in [7, 11) is 3.48. The van der Waals surface area contributed by atoms with Crippen molar-refractivity contribution in [1.82, 2.24) is 25.4 Å². The van der Waals surface area contributed by atoms with Gasteiger partial charge in [0.25, 0.3) is 0 Å². The van der Waals surface area contributed by atoms with Crippen LogP contribution in [0.3, 0.4) is 0 Å². The SMILES string of the molecule is CN=C(NCCCC(C)C)NC1CCc2nc(COC)nn2C1.I. The molecule has 2 N–H and O–H groups in total. The van der Waals surface area contributed by atoms with Crippen LogP contribution in [-0.2, 0) is 24.3 Å². The van der Waals surface area contributed by atoms with Crippen molar-refractivity contribution in [2.24, 2.45) is 10.9 Å².